The summed E-state index contributed by atoms with van der Waals surface area (Å²) in [6.45, 7) is 5.00. The molecule has 0 amide bonds. The van der Waals surface area contributed by atoms with Crippen molar-refractivity contribution in [1.82, 2.24) is 0 Å². The first kappa shape index (κ1) is 8.02. The van der Waals surface area contributed by atoms with Gasteiger partial charge in [-0.25, -0.2) is 0 Å². The van der Waals surface area contributed by atoms with Gasteiger partial charge in [0.15, 0.2) is 0 Å². The van der Waals surface area contributed by atoms with Crippen molar-refractivity contribution in [3.05, 3.63) is 0 Å². The molecule has 0 saturated heterocycles. The standard InChI is InChI=1S/C8H17NO/c1-6-5-8(6)3-4-10-7(2)9/h6-8H,3-5,9H2,1-2H3/t6-,7?,8?/m0/s1. The lowest BCUT2D eigenvalue weighted by Crippen LogP contribution is -2.19. The Bertz CT molecular complexity index is 103. The molecule has 1 fully saturated rings. The zero-order chi connectivity index (χ0) is 7.56. The molecule has 1 rings (SSSR count). The second kappa shape index (κ2) is 3.35. The molecule has 0 bridgehead atoms. The molecule has 0 radical (unpaired) electrons. The average molecular weight is 143 g/mol. The van der Waals surface area contributed by atoms with Gasteiger partial charge in [-0.15, -0.1) is 0 Å². The van der Waals surface area contributed by atoms with Crippen LogP contribution in [0.4, 0.5) is 0 Å². The fourth-order valence-electron chi connectivity index (χ4n) is 1.21. The van der Waals surface area contributed by atoms with Crippen LogP contribution in [-0.2, 0) is 4.74 Å². The Hall–Kier alpha value is -0.0800. The Morgan fingerprint density at radius 3 is 2.70 bits per heavy atom. The highest BCUT2D eigenvalue weighted by atomic mass is 16.5. The summed E-state index contributed by atoms with van der Waals surface area (Å²) in [5, 5.41) is 0. The van der Waals surface area contributed by atoms with Gasteiger partial charge in [0, 0.05) is 6.61 Å². The molecule has 1 saturated carbocycles. The predicted molar refractivity (Wildman–Crippen MR) is 41.5 cm³/mol. The molecule has 10 heavy (non-hydrogen) atoms. The van der Waals surface area contributed by atoms with E-state index in [0.717, 1.165) is 18.4 Å². The molecular formula is C8H17NO. The van der Waals surface area contributed by atoms with E-state index in [1.807, 2.05) is 6.92 Å². The van der Waals surface area contributed by atoms with Crippen molar-refractivity contribution < 1.29 is 4.74 Å². The van der Waals surface area contributed by atoms with Crippen LogP contribution in [0.15, 0.2) is 0 Å². The summed E-state index contributed by atoms with van der Waals surface area (Å²) < 4.78 is 5.22. The van der Waals surface area contributed by atoms with Crippen LogP contribution in [0.1, 0.15) is 26.7 Å². The highest BCUT2D eigenvalue weighted by Gasteiger charge is 2.31. The highest BCUT2D eigenvalue weighted by molar-refractivity contribution is 4.81. The van der Waals surface area contributed by atoms with Crippen molar-refractivity contribution in [2.75, 3.05) is 6.61 Å². The maximum atomic E-state index is 5.41. The lowest BCUT2D eigenvalue weighted by atomic mass is 10.2. The summed E-state index contributed by atoms with van der Waals surface area (Å²) in [7, 11) is 0. The molecule has 2 N–H and O–H groups in total. The van der Waals surface area contributed by atoms with Crippen LogP contribution < -0.4 is 5.73 Å². The second-order valence-corrected chi connectivity index (χ2v) is 3.34. The minimum atomic E-state index is -0.0888. The summed E-state index contributed by atoms with van der Waals surface area (Å²) in [6.07, 6.45) is 2.50. The second-order valence-electron chi connectivity index (χ2n) is 3.34. The molecule has 1 aliphatic rings. The van der Waals surface area contributed by atoms with Gasteiger partial charge >= 0.3 is 0 Å². The molecule has 0 aromatic rings. The lowest BCUT2D eigenvalue weighted by Gasteiger charge is -2.05. The molecule has 2 nitrogen and oxygen atoms in total. The van der Waals surface area contributed by atoms with Gasteiger partial charge in [-0.3, -0.25) is 0 Å². The maximum Gasteiger partial charge on any atom is 0.102 e. The molecule has 0 aliphatic heterocycles. The van der Waals surface area contributed by atoms with Gasteiger partial charge in [-0.1, -0.05) is 6.92 Å². The van der Waals surface area contributed by atoms with E-state index < -0.39 is 0 Å². The summed E-state index contributed by atoms with van der Waals surface area (Å²) in [5.41, 5.74) is 5.41. The quantitative estimate of drug-likeness (QED) is 0.603. The third kappa shape index (κ3) is 2.67. The van der Waals surface area contributed by atoms with E-state index in [0.29, 0.717) is 0 Å². The SMILES string of the molecule is CC(N)OCCC1C[C@@H]1C. The van der Waals surface area contributed by atoms with Crippen molar-refractivity contribution in [3.63, 3.8) is 0 Å². The zero-order valence-corrected chi connectivity index (χ0v) is 6.84. The monoisotopic (exact) mass is 143 g/mol. The number of rotatable bonds is 4. The van der Waals surface area contributed by atoms with Crippen LogP contribution >= 0.6 is 0 Å². The lowest BCUT2D eigenvalue weighted by molar-refractivity contribution is 0.0657. The van der Waals surface area contributed by atoms with E-state index in [9.17, 15) is 0 Å². The zero-order valence-electron chi connectivity index (χ0n) is 6.84. The first-order valence-corrected chi connectivity index (χ1v) is 4.07. The van der Waals surface area contributed by atoms with E-state index in [2.05, 4.69) is 6.92 Å². The molecule has 0 heterocycles. The Labute approximate surface area is 62.7 Å². The van der Waals surface area contributed by atoms with Crippen LogP contribution in [-0.4, -0.2) is 12.8 Å². The van der Waals surface area contributed by atoms with Crippen LogP contribution in [0, 0.1) is 11.8 Å². The summed E-state index contributed by atoms with van der Waals surface area (Å²) in [5.74, 6) is 1.87. The minimum absolute atomic E-state index is 0.0888. The highest BCUT2D eigenvalue weighted by Crippen LogP contribution is 2.40. The molecule has 1 aliphatic carbocycles. The molecule has 2 heteroatoms. The number of hydrogen-bond acceptors (Lipinski definition) is 2. The number of ether oxygens (including phenoxy) is 1. The molecule has 0 spiro atoms. The number of nitrogens with two attached hydrogens (primary N) is 1. The fraction of sp³-hybridized carbons (Fsp3) is 1.00. The summed E-state index contributed by atoms with van der Waals surface area (Å²) in [6, 6.07) is 0. The van der Waals surface area contributed by atoms with Crippen molar-refractivity contribution in [2.24, 2.45) is 17.6 Å². The third-order valence-electron chi connectivity index (χ3n) is 2.15. The Morgan fingerprint density at radius 1 is 1.70 bits per heavy atom. The maximum absolute atomic E-state index is 5.41. The van der Waals surface area contributed by atoms with E-state index in [1.54, 1.807) is 0 Å². The molecule has 0 aromatic heterocycles. The Balaban J connectivity index is 1.87. The Morgan fingerprint density at radius 2 is 2.30 bits per heavy atom. The van der Waals surface area contributed by atoms with Crippen LogP contribution in [0.25, 0.3) is 0 Å². The van der Waals surface area contributed by atoms with E-state index in [4.69, 9.17) is 10.5 Å². The Kier molecular flexibility index (Phi) is 2.69. The smallest absolute Gasteiger partial charge is 0.102 e. The first-order chi connectivity index (χ1) is 4.70. The van der Waals surface area contributed by atoms with Crippen LogP contribution in [0.3, 0.4) is 0 Å². The van der Waals surface area contributed by atoms with Crippen molar-refractivity contribution in [1.29, 1.82) is 0 Å². The van der Waals surface area contributed by atoms with Crippen molar-refractivity contribution in [2.45, 2.75) is 32.9 Å². The van der Waals surface area contributed by atoms with Crippen LogP contribution in [0.5, 0.6) is 0 Å². The molecular weight excluding hydrogens is 126 g/mol. The average Bonchev–Trinajstić information content (AvgIpc) is 2.46. The topological polar surface area (TPSA) is 35.2 Å². The minimum Gasteiger partial charge on any atom is -0.364 e. The largest absolute Gasteiger partial charge is 0.364 e. The van der Waals surface area contributed by atoms with E-state index in [-0.39, 0.29) is 6.23 Å². The molecule has 2 unspecified atom stereocenters. The van der Waals surface area contributed by atoms with Gasteiger partial charge in [0.2, 0.25) is 0 Å². The van der Waals surface area contributed by atoms with E-state index in [1.165, 1.54) is 12.8 Å². The van der Waals surface area contributed by atoms with Crippen LogP contribution in [0.2, 0.25) is 0 Å². The number of hydrogen-bond donors (Lipinski definition) is 1. The van der Waals surface area contributed by atoms with Gasteiger partial charge in [0.05, 0.1) is 0 Å². The van der Waals surface area contributed by atoms with Gasteiger partial charge in [-0.2, -0.15) is 0 Å². The van der Waals surface area contributed by atoms with E-state index >= 15 is 0 Å². The normalized spacial score (nSPS) is 33.9. The first-order valence-electron chi connectivity index (χ1n) is 4.07. The summed E-state index contributed by atoms with van der Waals surface area (Å²) in [4.78, 5) is 0. The molecule has 3 atom stereocenters. The molecule has 60 valence electrons. The summed E-state index contributed by atoms with van der Waals surface area (Å²) >= 11 is 0. The third-order valence-corrected chi connectivity index (χ3v) is 2.15. The van der Waals surface area contributed by atoms with Crippen molar-refractivity contribution in [3.8, 4) is 0 Å². The fourth-order valence-corrected chi connectivity index (χ4v) is 1.21. The predicted octanol–water partition coefficient (Wildman–Crippen LogP) is 1.35. The van der Waals surface area contributed by atoms with Gasteiger partial charge in [-0.05, 0) is 31.6 Å². The van der Waals surface area contributed by atoms with Gasteiger partial charge < -0.3 is 10.5 Å². The van der Waals surface area contributed by atoms with Gasteiger partial charge in [0.25, 0.3) is 0 Å². The van der Waals surface area contributed by atoms with Crippen molar-refractivity contribution >= 4 is 0 Å². The van der Waals surface area contributed by atoms with Gasteiger partial charge in [0.1, 0.15) is 6.23 Å². The molecule has 0 aromatic carbocycles.